The van der Waals surface area contributed by atoms with E-state index in [1.54, 1.807) is 48.5 Å². The monoisotopic (exact) mass is 609 g/mol. The molecule has 0 unspecified atom stereocenters. The predicted octanol–water partition coefficient (Wildman–Crippen LogP) is 5.44. The lowest BCUT2D eigenvalue weighted by Crippen LogP contribution is -2.56. The minimum absolute atomic E-state index is 0. The number of ether oxygens (including phenoxy) is 1. The van der Waals surface area contributed by atoms with E-state index in [0.717, 1.165) is 0 Å². The Hall–Kier alpha value is -4.56. The van der Waals surface area contributed by atoms with E-state index in [1.807, 2.05) is 6.07 Å². The SMILES string of the molecule is C.COc1cccc(N(C(=O)[C@@H]2CCC(=O)N2c2cc(C#N)ccn2)[C@H](C(=O)NC2CC(F)(F)C2)c2ccccc2Cl)c1. The van der Waals surface area contributed by atoms with Crippen molar-refractivity contribution >= 4 is 40.8 Å². The lowest BCUT2D eigenvalue weighted by atomic mass is 9.87. The van der Waals surface area contributed by atoms with Gasteiger partial charge in [-0.15, -0.1) is 0 Å². The van der Waals surface area contributed by atoms with Crippen LogP contribution < -0.4 is 19.9 Å². The first-order chi connectivity index (χ1) is 20.1. The van der Waals surface area contributed by atoms with Gasteiger partial charge in [0.05, 0.1) is 18.7 Å². The number of nitrogens with zero attached hydrogens (tertiary/aromatic N) is 4. The van der Waals surface area contributed by atoms with Crippen molar-refractivity contribution in [3.8, 4) is 11.8 Å². The highest BCUT2D eigenvalue weighted by Gasteiger charge is 2.48. The van der Waals surface area contributed by atoms with E-state index in [0.29, 0.717) is 5.75 Å². The van der Waals surface area contributed by atoms with Gasteiger partial charge in [-0.05, 0) is 36.8 Å². The van der Waals surface area contributed by atoms with E-state index < -0.39 is 48.7 Å². The number of alkyl halides is 2. The van der Waals surface area contributed by atoms with Crippen LogP contribution in [0.1, 0.15) is 50.3 Å². The van der Waals surface area contributed by atoms with Crippen LogP contribution in [0.2, 0.25) is 5.02 Å². The third kappa shape index (κ3) is 6.44. The number of hydrogen-bond donors (Lipinski definition) is 1. The first-order valence-corrected chi connectivity index (χ1v) is 13.6. The smallest absolute Gasteiger partial charge is 0.252 e. The second-order valence-corrected chi connectivity index (χ2v) is 10.5. The molecule has 5 rings (SSSR count). The van der Waals surface area contributed by atoms with Gasteiger partial charge in [0, 0.05) is 53.8 Å². The van der Waals surface area contributed by atoms with Crippen molar-refractivity contribution in [1.82, 2.24) is 10.3 Å². The number of carbonyl (C=O) groups excluding carboxylic acids is 3. The van der Waals surface area contributed by atoms with Crippen LogP contribution in [0.3, 0.4) is 0 Å². The number of carbonyl (C=O) groups is 3. The van der Waals surface area contributed by atoms with Gasteiger partial charge in [0.15, 0.2) is 0 Å². The van der Waals surface area contributed by atoms with Crippen LogP contribution in [-0.2, 0) is 14.4 Å². The fraction of sp³-hybridized carbons (Fsp3) is 0.323. The Morgan fingerprint density at radius 3 is 2.60 bits per heavy atom. The molecule has 2 heterocycles. The largest absolute Gasteiger partial charge is 0.497 e. The van der Waals surface area contributed by atoms with Crippen LogP contribution in [0.4, 0.5) is 20.3 Å². The minimum Gasteiger partial charge on any atom is -0.497 e. The van der Waals surface area contributed by atoms with Crippen LogP contribution in [0.15, 0.2) is 66.9 Å². The summed E-state index contributed by atoms with van der Waals surface area (Å²) in [6.07, 6.45) is 0.471. The number of hydrogen-bond acceptors (Lipinski definition) is 6. The standard InChI is InChI=1S/C30H26ClF2N5O4.CH4/c1-42-21-6-4-5-20(14-21)37(29(41)24-9-10-26(39)38(24)25-13-18(17-34)11-12-35-25)27(22-7-2-3-8-23(22)31)28(40)36-19-15-30(32,33)16-19;/h2-8,11-14,19,24,27H,9-10,15-16H2,1H3,(H,36,40);1H4/t24-,27-;/m0./s1. The normalized spacial score (nSPS) is 18.1. The number of aromatic nitrogens is 1. The summed E-state index contributed by atoms with van der Waals surface area (Å²) in [5, 5.41) is 12.2. The molecule has 2 aliphatic rings. The summed E-state index contributed by atoms with van der Waals surface area (Å²) in [6, 6.07) is 14.5. The maximum absolute atomic E-state index is 14.6. The summed E-state index contributed by atoms with van der Waals surface area (Å²) in [5.74, 6) is -4.08. The van der Waals surface area contributed by atoms with Gasteiger partial charge in [0.1, 0.15) is 23.7 Å². The molecule has 0 bridgehead atoms. The molecular weight excluding hydrogens is 580 g/mol. The zero-order valence-corrected chi connectivity index (χ0v) is 23.2. The van der Waals surface area contributed by atoms with Crippen molar-refractivity contribution in [2.75, 3.05) is 16.9 Å². The highest BCUT2D eigenvalue weighted by molar-refractivity contribution is 6.31. The summed E-state index contributed by atoms with van der Waals surface area (Å²) in [6.45, 7) is 0. The number of nitriles is 1. The van der Waals surface area contributed by atoms with E-state index >= 15 is 0 Å². The molecule has 2 fully saturated rings. The van der Waals surface area contributed by atoms with Crippen LogP contribution in [-0.4, -0.2) is 47.8 Å². The van der Waals surface area contributed by atoms with Gasteiger partial charge in [-0.1, -0.05) is 43.3 Å². The number of benzene rings is 2. The van der Waals surface area contributed by atoms with Crippen molar-refractivity contribution in [3.05, 3.63) is 83.0 Å². The predicted molar refractivity (Wildman–Crippen MR) is 157 cm³/mol. The summed E-state index contributed by atoms with van der Waals surface area (Å²) < 4.78 is 32.7. The molecule has 1 aromatic heterocycles. The Kier molecular flexibility index (Phi) is 9.30. The van der Waals surface area contributed by atoms with Gasteiger partial charge >= 0.3 is 0 Å². The first kappa shape index (κ1) is 31.4. The van der Waals surface area contributed by atoms with Gasteiger partial charge in [0.25, 0.3) is 11.8 Å². The molecule has 1 aliphatic heterocycles. The highest BCUT2D eigenvalue weighted by Crippen LogP contribution is 2.40. The molecule has 1 N–H and O–H groups in total. The van der Waals surface area contributed by atoms with Crippen LogP contribution in [0.25, 0.3) is 0 Å². The topological polar surface area (TPSA) is 116 Å². The quantitative estimate of drug-likeness (QED) is 0.364. The number of rotatable bonds is 8. The van der Waals surface area contributed by atoms with E-state index in [-0.39, 0.29) is 53.8 Å². The van der Waals surface area contributed by atoms with Crippen molar-refractivity contribution in [1.29, 1.82) is 5.26 Å². The van der Waals surface area contributed by atoms with Gasteiger partial charge < -0.3 is 10.1 Å². The second kappa shape index (κ2) is 12.8. The molecule has 43 heavy (non-hydrogen) atoms. The van der Waals surface area contributed by atoms with Crippen molar-refractivity contribution < 1.29 is 27.9 Å². The Bertz CT molecular complexity index is 1570. The Morgan fingerprint density at radius 1 is 1.19 bits per heavy atom. The van der Waals surface area contributed by atoms with E-state index in [9.17, 15) is 28.4 Å². The van der Waals surface area contributed by atoms with Crippen molar-refractivity contribution in [3.63, 3.8) is 0 Å². The summed E-state index contributed by atoms with van der Waals surface area (Å²) in [4.78, 5) is 48.3. The number of pyridine rings is 1. The number of amides is 3. The molecule has 3 aromatic rings. The van der Waals surface area contributed by atoms with Crippen molar-refractivity contribution in [2.45, 2.75) is 57.2 Å². The lowest BCUT2D eigenvalue weighted by Gasteiger charge is -2.39. The number of nitrogens with one attached hydrogen (secondary N) is 1. The molecule has 0 spiro atoms. The fourth-order valence-electron chi connectivity index (χ4n) is 5.29. The zero-order chi connectivity index (χ0) is 30.0. The maximum atomic E-state index is 14.6. The average Bonchev–Trinajstić information content (AvgIpc) is 3.36. The van der Waals surface area contributed by atoms with E-state index in [4.69, 9.17) is 16.3 Å². The van der Waals surface area contributed by atoms with Crippen LogP contribution >= 0.6 is 11.6 Å². The fourth-order valence-corrected chi connectivity index (χ4v) is 5.53. The second-order valence-electron chi connectivity index (χ2n) is 10.1. The third-order valence-electron chi connectivity index (χ3n) is 7.33. The summed E-state index contributed by atoms with van der Waals surface area (Å²) >= 11 is 6.56. The number of anilines is 2. The Labute approximate surface area is 253 Å². The van der Waals surface area contributed by atoms with Crippen LogP contribution in [0.5, 0.6) is 5.75 Å². The van der Waals surface area contributed by atoms with E-state index in [2.05, 4.69) is 10.3 Å². The van der Waals surface area contributed by atoms with E-state index in [1.165, 1.54) is 35.2 Å². The van der Waals surface area contributed by atoms with Crippen molar-refractivity contribution in [2.24, 2.45) is 0 Å². The summed E-state index contributed by atoms with van der Waals surface area (Å²) in [5.41, 5.74) is 0.775. The molecule has 1 saturated heterocycles. The summed E-state index contributed by atoms with van der Waals surface area (Å²) in [7, 11) is 1.45. The first-order valence-electron chi connectivity index (χ1n) is 13.2. The van der Waals surface area contributed by atoms with Gasteiger partial charge in [0.2, 0.25) is 11.8 Å². The molecule has 1 saturated carbocycles. The maximum Gasteiger partial charge on any atom is 0.252 e. The lowest BCUT2D eigenvalue weighted by molar-refractivity contribution is -0.133. The molecule has 0 radical (unpaired) electrons. The molecule has 2 atom stereocenters. The molecule has 3 amide bonds. The molecule has 12 heteroatoms. The average molecular weight is 610 g/mol. The van der Waals surface area contributed by atoms with Gasteiger partial charge in [-0.2, -0.15) is 5.26 Å². The van der Waals surface area contributed by atoms with Gasteiger partial charge in [-0.25, -0.2) is 13.8 Å². The molecule has 224 valence electrons. The highest BCUT2D eigenvalue weighted by atomic mass is 35.5. The molecular formula is C31H30ClF2N5O4. The Balaban J connectivity index is 0.00000423. The minimum atomic E-state index is -2.88. The zero-order valence-electron chi connectivity index (χ0n) is 22.5. The third-order valence-corrected chi connectivity index (χ3v) is 7.67. The Morgan fingerprint density at radius 2 is 1.93 bits per heavy atom. The van der Waals surface area contributed by atoms with Gasteiger partial charge in [-0.3, -0.25) is 24.2 Å². The number of methoxy groups -OCH3 is 1. The number of halogens is 3. The molecule has 9 nitrogen and oxygen atoms in total. The van der Waals surface area contributed by atoms with Crippen LogP contribution in [0, 0.1) is 11.3 Å². The molecule has 1 aliphatic carbocycles. The molecule has 2 aromatic carbocycles.